The van der Waals surface area contributed by atoms with Gasteiger partial charge in [-0.3, -0.25) is 4.79 Å². The highest BCUT2D eigenvalue weighted by molar-refractivity contribution is 7.89. The molecule has 3 heterocycles. The average molecular weight is 556 g/mol. The molecule has 1 amide bonds. The molecule has 5 rings (SSSR count). The number of primary sulfonamides is 1. The number of aromatic nitrogens is 4. The molecule has 12 heteroatoms. The van der Waals surface area contributed by atoms with Gasteiger partial charge in [-0.05, 0) is 70.9 Å². The molecule has 0 radical (unpaired) electrons. The monoisotopic (exact) mass is 555 g/mol. The molecular weight excluding hydrogens is 518 g/mol. The fourth-order valence-corrected chi connectivity index (χ4v) is 6.34. The van der Waals surface area contributed by atoms with Crippen molar-refractivity contribution in [1.82, 2.24) is 24.6 Å². The fourth-order valence-electron chi connectivity index (χ4n) is 5.82. The summed E-state index contributed by atoms with van der Waals surface area (Å²) in [6, 6.07) is 8.31. The van der Waals surface area contributed by atoms with E-state index in [1.807, 2.05) is 18.2 Å². The molecule has 1 saturated heterocycles. The first-order valence-corrected chi connectivity index (χ1v) is 15.4. The van der Waals surface area contributed by atoms with Crippen LogP contribution in [0, 0.1) is 5.92 Å². The van der Waals surface area contributed by atoms with Crippen molar-refractivity contribution in [2.24, 2.45) is 11.1 Å². The molecule has 210 valence electrons. The van der Waals surface area contributed by atoms with E-state index in [9.17, 15) is 13.2 Å². The molecule has 2 aliphatic rings. The van der Waals surface area contributed by atoms with Crippen LogP contribution in [-0.2, 0) is 14.8 Å². The molecule has 11 nitrogen and oxygen atoms in total. The molecule has 2 aromatic heterocycles. The van der Waals surface area contributed by atoms with Crippen LogP contribution in [-0.4, -0.2) is 69.5 Å². The minimum Gasteiger partial charge on any atom is -0.493 e. The van der Waals surface area contributed by atoms with Gasteiger partial charge < -0.3 is 15.0 Å². The highest BCUT2D eigenvalue weighted by Crippen LogP contribution is 2.32. The van der Waals surface area contributed by atoms with Crippen LogP contribution >= 0.6 is 0 Å². The third-order valence-corrected chi connectivity index (χ3v) is 8.74. The molecule has 1 saturated carbocycles. The van der Waals surface area contributed by atoms with Crippen LogP contribution in [0.1, 0.15) is 58.8 Å². The van der Waals surface area contributed by atoms with Crippen molar-refractivity contribution in [2.45, 2.75) is 76.9 Å². The molecule has 2 atom stereocenters. The normalized spacial score (nSPS) is 23.7. The smallest absolute Gasteiger partial charge is 0.226 e. The van der Waals surface area contributed by atoms with Crippen molar-refractivity contribution in [3.8, 4) is 11.6 Å². The lowest BCUT2D eigenvalue weighted by atomic mass is 9.85. The van der Waals surface area contributed by atoms with Gasteiger partial charge in [0.1, 0.15) is 5.75 Å². The van der Waals surface area contributed by atoms with Gasteiger partial charge in [0.2, 0.25) is 21.9 Å². The fraction of sp³-hybridized carbons (Fsp3) is 0.556. The quantitative estimate of drug-likeness (QED) is 0.383. The predicted molar refractivity (Wildman–Crippen MR) is 149 cm³/mol. The van der Waals surface area contributed by atoms with Crippen molar-refractivity contribution < 1.29 is 17.9 Å². The Hall–Kier alpha value is -3.25. The first-order chi connectivity index (χ1) is 18.7. The number of amides is 1. The number of likely N-dealkylation sites (tertiary alicyclic amines) is 1. The number of hydrogen-bond acceptors (Lipinski definition) is 8. The maximum atomic E-state index is 13.1. The lowest BCUT2D eigenvalue weighted by Crippen LogP contribution is -2.44. The van der Waals surface area contributed by atoms with Crippen LogP contribution in [0.25, 0.3) is 16.7 Å². The van der Waals surface area contributed by atoms with Gasteiger partial charge in [-0.25, -0.2) is 23.2 Å². The van der Waals surface area contributed by atoms with Crippen molar-refractivity contribution in [3.63, 3.8) is 0 Å². The summed E-state index contributed by atoms with van der Waals surface area (Å²) in [5.41, 5.74) is 0.813. The second-order valence-electron chi connectivity index (χ2n) is 10.8. The van der Waals surface area contributed by atoms with Gasteiger partial charge in [-0.2, -0.15) is 10.1 Å². The molecule has 3 N–H and O–H groups in total. The lowest BCUT2D eigenvalue weighted by Gasteiger charge is -2.34. The third kappa shape index (κ3) is 6.33. The van der Waals surface area contributed by atoms with Crippen LogP contribution in [0.5, 0.6) is 5.75 Å². The van der Waals surface area contributed by atoms with Crippen molar-refractivity contribution >= 4 is 32.8 Å². The number of carbonyl (C=O) groups is 1. The van der Waals surface area contributed by atoms with E-state index in [4.69, 9.17) is 14.9 Å². The van der Waals surface area contributed by atoms with Gasteiger partial charge in [0.05, 0.1) is 29.5 Å². The predicted octanol–water partition coefficient (Wildman–Crippen LogP) is 3.24. The summed E-state index contributed by atoms with van der Waals surface area (Å²) in [6.07, 6.45) is 9.45. The zero-order valence-electron chi connectivity index (χ0n) is 22.5. The van der Waals surface area contributed by atoms with Crippen LogP contribution in [0.4, 0.5) is 5.95 Å². The van der Waals surface area contributed by atoms with Crippen LogP contribution in [0.2, 0.25) is 0 Å². The van der Waals surface area contributed by atoms with Gasteiger partial charge in [0.15, 0.2) is 5.82 Å². The molecule has 2 fully saturated rings. The Morgan fingerprint density at radius 1 is 1.10 bits per heavy atom. The Morgan fingerprint density at radius 2 is 1.85 bits per heavy atom. The lowest BCUT2D eigenvalue weighted by molar-refractivity contribution is -0.139. The van der Waals surface area contributed by atoms with Gasteiger partial charge in [-0.1, -0.05) is 6.07 Å². The molecule has 1 aromatic carbocycles. The number of nitrogens with zero attached hydrogens (tertiary/aromatic N) is 5. The maximum absolute atomic E-state index is 13.1. The van der Waals surface area contributed by atoms with Crippen molar-refractivity contribution in [1.29, 1.82) is 0 Å². The molecule has 0 unspecified atom stereocenters. The second-order valence-corrected chi connectivity index (χ2v) is 12.5. The molecular formula is C27H37N7O4S. The number of ether oxygens (including phenoxy) is 1. The summed E-state index contributed by atoms with van der Waals surface area (Å²) in [5, 5.41) is 13.8. The van der Waals surface area contributed by atoms with E-state index in [1.165, 1.54) is 0 Å². The highest BCUT2D eigenvalue weighted by Gasteiger charge is 2.36. The number of sulfonamides is 1. The summed E-state index contributed by atoms with van der Waals surface area (Å²) in [5.74, 6) is 2.06. The number of fused-ring (bicyclic) bond motifs is 1. The molecule has 1 aliphatic carbocycles. The Labute approximate surface area is 229 Å². The van der Waals surface area contributed by atoms with E-state index in [-0.39, 0.29) is 24.3 Å². The first kappa shape index (κ1) is 27.3. The van der Waals surface area contributed by atoms with Crippen LogP contribution < -0.4 is 15.2 Å². The van der Waals surface area contributed by atoms with Gasteiger partial charge in [-0.15, -0.1) is 0 Å². The highest BCUT2D eigenvalue weighted by atomic mass is 32.2. The number of hydrogen-bond donors (Lipinski definition) is 2. The molecule has 1 aliphatic heterocycles. The van der Waals surface area contributed by atoms with E-state index in [0.717, 1.165) is 49.4 Å². The van der Waals surface area contributed by atoms with Gasteiger partial charge in [0.25, 0.3) is 0 Å². The standard InChI is InChI=1S/C27H37N7O4S/c1-18-7-8-19(2)33(18)26(35)20-9-11-21(12-10-20)31-27-29-14-13-25(32-27)34-23-5-3-6-24(22(23)17-30-34)38-15-4-16-39(28,36)37/h3,5-6,13-14,17-21H,4,7-12,15-16H2,1-2H3,(H2,28,36,37)(H,29,31,32)/t18-,19-,20?,21?/m1/s1. The van der Waals surface area contributed by atoms with E-state index >= 15 is 0 Å². The molecule has 39 heavy (non-hydrogen) atoms. The molecule has 0 spiro atoms. The van der Waals surface area contributed by atoms with E-state index in [2.05, 4.69) is 34.1 Å². The minimum absolute atomic E-state index is 0.102. The summed E-state index contributed by atoms with van der Waals surface area (Å²) in [4.78, 5) is 24.4. The largest absolute Gasteiger partial charge is 0.493 e. The second kappa shape index (κ2) is 11.5. The van der Waals surface area contributed by atoms with E-state index in [1.54, 1.807) is 23.1 Å². The summed E-state index contributed by atoms with van der Waals surface area (Å²) in [6.45, 7) is 4.55. The Bertz CT molecular complexity index is 1410. The Balaban J connectivity index is 1.21. The number of rotatable bonds is 9. The molecule has 0 bridgehead atoms. The average Bonchev–Trinajstić information content (AvgIpc) is 3.49. The summed E-state index contributed by atoms with van der Waals surface area (Å²) in [7, 11) is -3.52. The van der Waals surface area contributed by atoms with Gasteiger partial charge >= 0.3 is 0 Å². The number of anilines is 1. The number of nitrogens with two attached hydrogens (primary N) is 1. The topological polar surface area (TPSA) is 145 Å². The third-order valence-electron chi connectivity index (χ3n) is 7.88. The zero-order chi connectivity index (χ0) is 27.6. The summed E-state index contributed by atoms with van der Waals surface area (Å²) >= 11 is 0. The minimum atomic E-state index is -3.52. The maximum Gasteiger partial charge on any atom is 0.226 e. The molecule has 3 aromatic rings. The van der Waals surface area contributed by atoms with Gasteiger partial charge in [0, 0.05) is 36.3 Å². The van der Waals surface area contributed by atoms with Crippen molar-refractivity contribution in [3.05, 3.63) is 36.7 Å². The number of benzene rings is 1. The first-order valence-electron chi connectivity index (χ1n) is 13.7. The summed E-state index contributed by atoms with van der Waals surface area (Å²) < 4.78 is 29.9. The Morgan fingerprint density at radius 3 is 2.56 bits per heavy atom. The number of carbonyl (C=O) groups excluding carboxylic acids is 1. The Kier molecular flexibility index (Phi) is 8.03. The van der Waals surface area contributed by atoms with E-state index in [0.29, 0.717) is 41.9 Å². The van der Waals surface area contributed by atoms with Crippen LogP contribution in [0.15, 0.2) is 36.7 Å². The number of nitrogens with one attached hydrogen (secondary N) is 1. The van der Waals surface area contributed by atoms with E-state index < -0.39 is 10.0 Å². The zero-order valence-corrected chi connectivity index (χ0v) is 23.3. The van der Waals surface area contributed by atoms with Crippen LogP contribution in [0.3, 0.4) is 0 Å². The van der Waals surface area contributed by atoms with Crippen molar-refractivity contribution in [2.75, 3.05) is 17.7 Å². The SMILES string of the molecule is C[C@@H]1CC[C@@H](C)N1C(=O)C1CCC(Nc2nccc(-n3ncc4c(OCCCS(N)(=O)=O)cccc43)n2)CC1.